The molecule has 13 nitrogen and oxygen atoms in total. The van der Waals surface area contributed by atoms with Gasteiger partial charge in [0.15, 0.2) is 21.3 Å². The number of nitrogens with zero attached hydrogens (tertiary/aromatic N) is 7. The van der Waals surface area contributed by atoms with Gasteiger partial charge in [0.05, 0.1) is 5.69 Å². The third-order valence-electron chi connectivity index (χ3n) is 7.20. The first-order chi connectivity index (χ1) is 19.1. The van der Waals surface area contributed by atoms with Crippen LogP contribution >= 0.6 is 11.3 Å². The van der Waals surface area contributed by atoms with Crippen LogP contribution in [0.5, 0.6) is 0 Å². The number of hydrogen-bond donors (Lipinski definition) is 3. The van der Waals surface area contributed by atoms with Crippen LogP contribution < -0.4 is 15.1 Å². The molecule has 1 saturated carbocycles. The number of urea groups is 1. The number of amides is 2. The van der Waals surface area contributed by atoms with E-state index in [1.807, 2.05) is 30.8 Å². The van der Waals surface area contributed by atoms with E-state index in [1.54, 1.807) is 23.8 Å². The number of alkyl halides is 2. The maximum absolute atomic E-state index is 13.4. The number of likely N-dealkylation sites (N-methyl/N-ethyl adjacent to an activating group) is 2. The highest BCUT2D eigenvalue weighted by Crippen LogP contribution is 2.36. The molecule has 2 amide bonds. The number of rotatable bonds is 9. The number of anilines is 1. The molecule has 17 heteroatoms. The van der Waals surface area contributed by atoms with Crippen molar-refractivity contribution in [3.8, 4) is 0 Å². The summed E-state index contributed by atoms with van der Waals surface area (Å²) < 4.78 is 56.7. The minimum Gasteiger partial charge on any atom is -0.365 e. The Labute approximate surface area is 241 Å². The van der Waals surface area contributed by atoms with E-state index < -0.39 is 32.8 Å². The first kappa shape index (κ1) is 30.9. The maximum atomic E-state index is 13.4. The normalized spacial score (nSPS) is 18.7. The van der Waals surface area contributed by atoms with E-state index >= 15 is 0 Å². The summed E-state index contributed by atoms with van der Waals surface area (Å²) in [7, 11) is 1.56. The molecule has 226 valence electrons. The van der Waals surface area contributed by atoms with Crippen molar-refractivity contribution >= 4 is 38.9 Å². The van der Waals surface area contributed by atoms with Crippen LogP contribution in [-0.2, 0) is 10.0 Å². The minimum absolute atomic E-state index is 0.119. The first-order valence-electron chi connectivity index (χ1n) is 13.1. The average molecular weight is 615 g/mol. The predicted octanol–water partition coefficient (Wildman–Crippen LogP) is 1.59. The Morgan fingerprint density at radius 2 is 1.93 bits per heavy atom. The smallest absolute Gasteiger partial charge is 0.320 e. The number of sulfonamides is 1. The second kappa shape index (κ2) is 11.7. The van der Waals surface area contributed by atoms with Crippen LogP contribution in [0.25, 0.3) is 0 Å². The van der Waals surface area contributed by atoms with Crippen molar-refractivity contribution in [2.75, 3.05) is 58.8 Å². The third kappa shape index (κ3) is 6.90. The van der Waals surface area contributed by atoms with Gasteiger partial charge >= 0.3 is 6.03 Å². The molecule has 3 N–H and O–H groups in total. The van der Waals surface area contributed by atoms with Gasteiger partial charge in [0.1, 0.15) is 4.90 Å². The van der Waals surface area contributed by atoms with E-state index in [4.69, 9.17) is 10.8 Å². The molecule has 0 spiro atoms. The van der Waals surface area contributed by atoms with E-state index in [2.05, 4.69) is 14.9 Å². The first-order valence-corrected chi connectivity index (χ1v) is 15.4. The minimum atomic E-state index is -4.05. The van der Waals surface area contributed by atoms with Gasteiger partial charge in [-0.3, -0.25) is 15.4 Å². The summed E-state index contributed by atoms with van der Waals surface area (Å²) in [6.07, 6.45) is -0.372. The van der Waals surface area contributed by atoms with Gasteiger partial charge in [-0.1, -0.05) is 11.3 Å². The van der Waals surface area contributed by atoms with Crippen LogP contribution in [0, 0.1) is 10.8 Å². The number of piperazine rings is 1. The molecule has 4 rings (SSSR count). The monoisotopic (exact) mass is 614 g/mol. The zero-order chi connectivity index (χ0) is 30.3. The van der Waals surface area contributed by atoms with Gasteiger partial charge in [-0.15, -0.1) is 10.2 Å². The fourth-order valence-electron chi connectivity index (χ4n) is 4.44. The van der Waals surface area contributed by atoms with Crippen molar-refractivity contribution < 1.29 is 22.0 Å². The number of nitrogens with one attached hydrogen (secondary N) is 3. The van der Waals surface area contributed by atoms with Crippen molar-refractivity contribution in [3.63, 3.8) is 0 Å². The molecule has 2 aromatic rings. The second-order valence-corrected chi connectivity index (χ2v) is 13.7. The van der Waals surface area contributed by atoms with Gasteiger partial charge < -0.3 is 19.6 Å². The Kier molecular flexibility index (Phi) is 8.82. The molecular weight excluding hydrogens is 578 g/mol. The highest BCUT2D eigenvalue weighted by molar-refractivity contribution is 7.89. The lowest BCUT2D eigenvalue weighted by Gasteiger charge is -2.42. The molecule has 1 saturated heterocycles. The number of carbonyl (C=O) groups excluding carboxylic acids is 1. The van der Waals surface area contributed by atoms with Crippen LogP contribution in [0.1, 0.15) is 43.1 Å². The van der Waals surface area contributed by atoms with E-state index in [0.29, 0.717) is 56.9 Å². The van der Waals surface area contributed by atoms with E-state index in [-0.39, 0.29) is 33.2 Å². The van der Waals surface area contributed by atoms with Crippen LogP contribution in [0.2, 0.25) is 0 Å². The maximum Gasteiger partial charge on any atom is 0.320 e. The summed E-state index contributed by atoms with van der Waals surface area (Å²) in [6, 6.07) is 1.01. The van der Waals surface area contributed by atoms with Gasteiger partial charge in [-0.05, 0) is 46.9 Å². The lowest BCUT2D eigenvalue weighted by molar-refractivity contribution is 0.137. The summed E-state index contributed by atoms with van der Waals surface area (Å²) in [5.74, 6) is -0.445. The zero-order valence-electron chi connectivity index (χ0n) is 23.7. The topological polar surface area (TPSA) is 155 Å². The van der Waals surface area contributed by atoms with Crippen LogP contribution in [0.4, 0.5) is 19.3 Å². The molecule has 2 aromatic heterocycles. The highest BCUT2D eigenvalue weighted by Gasteiger charge is 2.42. The molecule has 2 fully saturated rings. The standard InChI is InChI=1S/C24H36F2N10O3S2/c1-15-13-34(10-11-35(15)23(37)33(5)9-8-32(3)4)17-12-16(41(38,39)31-24(2)6-7-24)14-36(19(17)27)20(28)22-30-29-21(40-22)18(25)26/h12,14-15,18,27-28,31H,6-11,13H2,1-5H3. The zero-order valence-corrected chi connectivity index (χ0v) is 25.3. The largest absolute Gasteiger partial charge is 0.365 e. The fraction of sp³-hybridized carbons (Fsp3) is 0.625. The number of halogens is 2. The fourth-order valence-corrected chi connectivity index (χ4v) is 6.57. The van der Waals surface area contributed by atoms with Crippen molar-refractivity contribution in [1.29, 1.82) is 10.8 Å². The SMILES string of the molecule is CC1CN(c2cc(S(=O)(=O)NC3(C)CC3)cn(C(=N)c3nnc(C(F)F)s3)c2=N)CCN1C(=O)N(C)CCN(C)C. The number of hydrogen-bond acceptors (Lipinski definition) is 10. The Hall–Kier alpha value is -3.02. The van der Waals surface area contributed by atoms with Gasteiger partial charge in [-0.25, -0.2) is 26.7 Å². The Morgan fingerprint density at radius 1 is 1.24 bits per heavy atom. The summed E-state index contributed by atoms with van der Waals surface area (Å²) in [5.41, 5.74) is -0.547. The van der Waals surface area contributed by atoms with Crippen LogP contribution in [0.3, 0.4) is 0 Å². The molecular formula is C24H36F2N10O3S2. The molecule has 2 aliphatic rings. The number of pyridine rings is 1. The quantitative estimate of drug-likeness (QED) is 0.286. The van der Waals surface area contributed by atoms with Gasteiger partial charge in [0.2, 0.25) is 10.0 Å². The van der Waals surface area contributed by atoms with Crippen LogP contribution in [0.15, 0.2) is 17.2 Å². The van der Waals surface area contributed by atoms with E-state index in [0.717, 1.165) is 10.8 Å². The number of carbonyl (C=O) groups is 1. The van der Waals surface area contributed by atoms with Gasteiger partial charge in [0.25, 0.3) is 6.43 Å². The Bertz CT molecular complexity index is 1470. The number of aromatic nitrogens is 3. The van der Waals surface area contributed by atoms with E-state index in [1.165, 1.54) is 6.07 Å². The molecule has 1 aliphatic carbocycles. The molecule has 1 aliphatic heterocycles. The summed E-state index contributed by atoms with van der Waals surface area (Å²) in [6.45, 7) is 5.92. The molecule has 0 bridgehead atoms. The van der Waals surface area contributed by atoms with Crippen molar-refractivity contribution in [2.45, 2.75) is 49.6 Å². The molecule has 0 aromatic carbocycles. The summed E-state index contributed by atoms with van der Waals surface area (Å²) >= 11 is 0.508. The Morgan fingerprint density at radius 3 is 2.49 bits per heavy atom. The third-order valence-corrected chi connectivity index (χ3v) is 9.75. The summed E-state index contributed by atoms with van der Waals surface area (Å²) in [5, 5.41) is 23.9. The highest BCUT2D eigenvalue weighted by atomic mass is 32.2. The second-order valence-electron chi connectivity index (χ2n) is 11.0. The molecule has 1 atom stereocenters. The molecule has 41 heavy (non-hydrogen) atoms. The van der Waals surface area contributed by atoms with Gasteiger partial charge in [-0.2, -0.15) is 0 Å². The average Bonchev–Trinajstić information content (AvgIpc) is 3.40. The van der Waals surface area contributed by atoms with Crippen LogP contribution in [-0.4, -0.2) is 115 Å². The Balaban J connectivity index is 1.67. The predicted molar refractivity (Wildman–Crippen MR) is 150 cm³/mol. The molecule has 3 heterocycles. The van der Waals surface area contributed by atoms with Crippen molar-refractivity contribution in [3.05, 3.63) is 27.8 Å². The van der Waals surface area contributed by atoms with Gasteiger partial charge in [0, 0.05) is 57.5 Å². The lowest BCUT2D eigenvalue weighted by Crippen LogP contribution is -2.58. The van der Waals surface area contributed by atoms with E-state index in [9.17, 15) is 22.0 Å². The van der Waals surface area contributed by atoms with Crippen molar-refractivity contribution in [1.82, 2.24) is 34.2 Å². The molecule has 0 radical (unpaired) electrons. The summed E-state index contributed by atoms with van der Waals surface area (Å²) in [4.78, 5) is 20.1. The van der Waals surface area contributed by atoms with Crippen molar-refractivity contribution in [2.24, 2.45) is 0 Å². The molecule has 1 unspecified atom stereocenters. The lowest BCUT2D eigenvalue weighted by atomic mass is 10.2.